The van der Waals surface area contributed by atoms with Crippen molar-refractivity contribution in [2.24, 2.45) is 5.92 Å². The van der Waals surface area contributed by atoms with Gasteiger partial charge < -0.3 is 24.6 Å². The number of carbonyl (C=O) groups is 1. The zero-order valence-corrected chi connectivity index (χ0v) is 13.5. The van der Waals surface area contributed by atoms with E-state index < -0.39 is 17.8 Å². The van der Waals surface area contributed by atoms with E-state index in [2.05, 4.69) is 0 Å². The van der Waals surface area contributed by atoms with Crippen LogP contribution in [0, 0.1) is 5.92 Å². The minimum absolute atomic E-state index is 0.151. The van der Waals surface area contributed by atoms with Crippen molar-refractivity contribution in [2.75, 3.05) is 26.3 Å². The summed E-state index contributed by atoms with van der Waals surface area (Å²) in [5.41, 5.74) is -0.531. The fraction of sp³-hybridized carbons (Fsp3) is 0.933. The molecule has 1 aliphatic rings. The van der Waals surface area contributed by atoms with Crippen LogP contribution < -0.4 is 0 Å². The van der Waals surface area contributed by atoms with Gasteiger partial charge in [-0.25, -0.2) is 4.79 Å². The number of nitrogens with zero attached hydrogens (tertiary/aromatic N) is 1. The van der Waals surface area contributed by atoms with E-state index in [4.69, 9.17) is 9.47 Å². The lowest BCUT2D eigenvalue weighted by molar-refractivity contribution is -0.0312. The van der Waals surface area contributed by atoms with Crippen molar-refractivity contribution in [1.29, 1.82) is 0 Å². The van der Waals surface area contributed by atoms with Crippen LogP contribution in [0.1, 0.15) is 40.5 Å². The molecule has 124 valence electrons. The molecule has 0 spiro atoms. The first-order chi connectivity index (χ1) is 9.73. The molecular formula is C15H29NO5. The summed E-state index contributed by atoms with van der Waals surface area (Å²) >= 11 is 0. The summed E-state index contributed by atoms with van der Waals surface area (Å²) in [5, 5.41) is 19.9. The Labute approximate surface area is 127 Å². The second kappa shape index (κ2) is 7.96. The molecule has 0 saturated carbocycles. The van der Waals surface area contributed by atoms with Gasteiger partial charge in [-0.05, 0) is 40.5 Å². The normalized spacial score (nSPS) is 24.8. The maximum absolute atomic E-state index is 12.1. The SMILES string of the molecule is CCOCC(O)CC1CN(C(=O)OC(C)(C)C)CCC1O. The first kappa shape index (κ1) is 18.2. The van der Waals surface area contributed by atoms with E-state index >= 15 is 0 Å². The molecule has 3 unspecified atom stereocenters. The molecule has 2 N–H and O–H groups in total. The Morgan fingerprint density at radius 2 is 2.10 bits per heavy atom. The van der Waals surface area contributed by atoms with E-state index in [0.717, 1.165) is 0 Å². The van der Waals surface area contributed by atoms with Crippen LogP contribution in [-0.4, -0.2) is 65.3 Å². The summed E-state index contributed by atoms with van der Waals surface area (Å²) in [7, 11) is 0. The fourth-order valence-corrected chi connectivity index (χ4v) is 2.42. The van der Waals surface area contributed by atoms with Crippen molar-refractivity contribution in [2.45, 2.75) is 58.3 Å². The molecule has 0 aromatic carbocycles. The second-order valence-electron chi connectivity index (χ2n) is 6.59. The number of piperidine rings is 1. The Hall–Kier alpha value is -0.850. The lowest BCUT2D eigenvalue weighted by atomic mass is 9.90. The number of amides is 1. The second-order valence-corrected chi connectivity index (χ2v) is 6.59. The molecule has 21 heavy (non-hydrogen) atoms. The van der Waals surface area contributed by atoms with Gasteiger partial charge in [0.2, 0.25) is 0 Å². The number of carbonyl (C=O) groups excluding carboxylic acids is 1. The molecule has 1 saturated heterocycles. The largest absolute Gasteiger partial charge is 0.444 e. The van der Waals surface area contributed by atoms with Crippen LogP contribution in [0.3, 0.4) is 0 Å². The molecule has 1 rings (SSSR count). The van der Waals surface area contributed by atoms with Crippen molar-refractivity contribution in [3.63, 3.8) is 0 Å². The fourth-order valence-electron chi connectivity index (χ4n) is 2.42. The number of aliphatic hydroxyl groups excluding tert-OH is 2. The predicted octanol–water partition coefficient (Wildman–Crippen LogP) is 1.39. The molecule has 0 radical (unpaired) electrons. The monoisotopic (exact) mass is 303 g/mol. The van der Waals surface area contributed by atoms with E-state index in [0.29, 0.717) is 32.5 Å². The van der Waals surface area contributed by atoms with Gasteiger partial charge >= 0.3 is 6.09 Å². The van der Waals surface area contributed by atoms with E-state index in [1.54, 1.807) is 4.90 Å². The summed E-state index contributed by atoms with van der Waals surface area (Å²) < 4.78 is 10.5. The van der Waals surface area contributed by atoms with Crippen molar-refractivity contribution in [3.05, 3.63) is 0 Å². The Kier molecular flexibility index (Phi) is 6.90. The molecule has 6 nitrogen and oxygen atoms in total. The van der Waals surface area contributed by atoms with Gasteiger partial charge in [0.05, 0.1) is 18.8 Å². The van der Waals surface area contributed by atoms with Gasteiger partial charge in [-0.2, -0.15) is 0 Å². The molecule has 0 aliphatic carbocycles. The molecular weight excluding hydrogens is 274 g/mol. The molecule has 0 aromatic rings. The van der Waals surface area contributed by atoms with Crippen LogP contribution in [0.15, 0.2) is 0 Å². The third-order valence-corrected chi connectivity index (χ3v) is 3.43. The first-order valence-electron chi connectivity index (χ1n) is 7.64. The molecule has 1 heterocycles. The highest BCUT2D eigenvalue weighted by Crippen LogP contribution is 2.23. The third-order valence-electron chi connectivity index (χ3n) is 3.43. The summed E-state index contributed by atoms with van der Waals surface area (Å²) in [5.74, 6) is -0.151. The number of rotatable bonds is 5. The highest BCUT2D eigenvalue weighted by molar-refractivity contribution is 5.68. The van der Waals surface area contributed by atoms with E-state index in [-0.39, 0.29) is 18.6 Å². The number of hydrogen-bond acceptors (Lipinski definition) is 5. The third kappa shape index (κ3) is 6.63. The van der Waals surface area contributed by atoms with Gasteiger partial charge in [-0.15, -0.1) is 0 Å². The minimum Gasteiger partial charge on any atom is -0.444 e. The molecule has 1 amide bonds. The van der Waals surface area contributed by atoms with Gasteiger partial charge in [0.15, 0.2) is 0 Å². The maximum atomic E-state index is 12.1. The molecule has 6 heteroatoms. The van der Waals surface area contributed by atoms with Gasteiger partial charge in [0, 0.05) is 25.6 Å². The summed E-state index contributed by atoms with van der Waals surface area (Å²) in [6, 6.07) is 0. The topological polar surface area (TPSA) is 79.2 Å². The summed E-state index contributed by atoms with van der Waals surface area (Å²) in [6.07, 6.45) is -0.562. The van der Waals surface area contributed by atoms with Crippen LogP contribution >= 0.6 is 0 Å². The number of likely N-dealkylation sites (tertiary alicyclic amines) is 1. The summed E-state index contributed by atoms with van der Waals surface area (Å²) in [4.78, 5) is 13.7. The number of ether oxygens (including phenoxy) is 2. The highest BCUT2D eigenvalue weighted by Gasteiger charge is 2.33. The quantitative estimate of drug-likeness (QED) is 0.802. The molecule has 0 aromatic heterocycles. The van der Waals surface area contributed by atoms with Crippen molar-refractivity contribution >= 4 is 6.09 Å². The van der Waals surface area contributed by atoms with Crippen molar-refractivity contribution < 1.29 is 24.5 Å². The van der Waals surface area contributed by atoms with Crippen LogP contribution in [0.2, 0.25) is 0 Å². The smallest absolute Gasteiger partial charge is 0.410 e. The van der Waals surface area contributed by atoms with E-state index in [1.807, 2.05) is 27.7 Å². The lowest BCUT2D eigenvalue weighted by Gasteiger charge is -2.37. The van der Waals surface area contributed by atoms with Crippen LogP contribution in [0.5, 0.6) is 0 Å². The molecule has 1 aliphatic heterocycles. The standard InChI is InChI=1S/C15H29NO5/c1-5-20-10-12(17)8-11-9-16(7-6-13(11)18)14(19)21-15(2,3)4/h11-13,17-18H,5-10H2,1-4H3. The average molecular weight is 303 g/mol. The van der Waals surface area contributed by atoms with E-state index in [1.165, 1.54) is 0 Å². The Bertz CT molecular complexity index is 329. The van der Waals surface area contributed by atoms with Crippen molar-refractivity contribution in [3.8, 4) is 0 Å². The van der Waals surface area contributed by atoms with Crippen LogP contribution in [0.25, 0.3) is 0 Å². The maximum Gasteiger partial charge on any atom is 0.410 e. The average Bonchev–Trinajstić information content (AvgIpc) is 2.36. The van der Waals surface area contributed by atoms with Gasteiger partial charge in [0.1, 0.15) is 5.60 Å². The number of aliphatic hydroxyl groups is 2. The minimum atomic E-state index is -0.622. The highest BCUT2D eigenvalue weighted by atomic mass is 16.6. The van der Waals surface area contributed by atoms with Gasteiger partial charge in [-0.3, -0.25) is 0 Å². The predicted molar refractivity (Wildman–Crippen MR) is 79.0 cm³/mol. The van der Waals surface area contributed by atoms with E-state index in [9.17, 15) is 15.0 Å². The summed E-state index contributed by atoms with van der Waals surface area (Å²) in [6.45, 7) is 9.04. The molecule has 0 bridgehead atoms. The number of hydrogen-bond donors (Lipinski definition) is 2. The molecule has 1 fully saturated rings. The van der Waals surface area contributed by atoms with Crippen LogP contribution in [-0.2, 0) is 9.47 Å². The zero-order valence-electron chi connectivity index (χ0n) is 13.5. The van der Waals surface area contributed by atoms with Gasteiger partial charge in [-0.1, -0.05) is 0 Å². The first-order valence-corrected chi connectivity index (χ1v) is 7.64. The van der Waals surface area contributed by atoms with Gasteiger partial charge in [0.25, 0.3) is 0 Å². The molecule has 3 atom stereocenters. The Balaban J connectivity index is 2.51. The lowest BCUT2D eigenvalue weighted by Crippen LogP contribution is -2.48. The van der Waals surface area contributed by atoms with Crippen molar-refractivity contribution in [1.82, 2.24) is 4.90 Å². The Morgan fingerprint density at radius 3 is 2.67 bits per heavy atom. The zero-order chi connectivity index (χ0) is 16.0. The van der Waals surface area contributed by atoms with Crippen LogP contribution in [0.4, 0.5) is 4.79 Å². The Morgan fingerprint density at radius 1 is 1.43 bits per heavy atom.